The fourth-order valence-electron chi connectivity index (χ4n) is 3.57. The molecule has 4 rings (SSSR count). The van der Waals surface area contributed by atoms with Gasteiger partial charge in [0.05, 0.1) is 12.8 Å². The molecule has 0 saturated carbocycles. The van der Waals surface area contributed by atoms with Gasteiger partial charge in [0, 0.05) is 50.9 Å². The number of piperazine rings is 1. The Morgan fingerprint density at radius 2 is 1.86 bits per heavy atom. The Balaban J connectivity index is 1.24. The van der Waals surface area contributed by atoms with Crippen LogP contribution in [0, 0.1) is 0 Å². The van der Waals surface area contributed by atoms with Gasteiger partial charge in [0.1, 0.15) is 5.75 Å². The number of anilines is 2. The molecule has 2 aromatic carbocycles. The van der Waals surface area contributed by atoms with E-state index in [0.717, 1.165) is 54.8 Å². The monoisotopic (exact) mass is 383 g/mol. The number of benzene rings is 2. The lowest BCUT2D eigenvalue weighted by Gasteiger charge is -2.36. The van der Waals surface area contributed by atoms with Crippen LogP contribution in [-0.4, -0.2) is 57.4 Å². The Bertz CT molecular complexity index is 834. The van der Waals surface area contributed by atoms with Crippen molar-refractivity contribution in [1.82, 2.24) is 4.90 Å². The number of para-hydroxylation sites is 2. The van der Waals surface area contributed by atoms with E-state index in [1.54, 1.807) is 7.11 Å². The van der Waals surface area contributed by atoms with Crippen molar-refractivity contribution in [3.8, 4) is 17.2 Å². The van der Waals surface area contributed by atoms with Crippen molar-refractivity contribution < 1.29 is 19.0 Å². The Morgan fingerprint density at radius 1 is 1.07 bits per heavy atom. The van der Waals surface area contributed by atoms with Crippen LogP contribution in [0.2, 0.25) is 0 Å². The number of methoxy groups -OCH3 is 1. The topological polar surface area (TPSA) is 63.3 Å². The lowest BCUT2D eigenvalue weighted by atomic mass is 10.2. The van der Waals surface area contributed by atoms with E-state index >= 15 is 0 Å². The van der Waals surface area contributed by atoms with Crippen LogP contribution in [0.15, 0.2) is 42.5 Å². The smallest absolute Gasteiger partial charge is 0.231 e. The van der Waals surface area contributed by atoms with E-state index in [4.69, 9.17) is 14.2 Å². The Morgan fingerprint density at radius 3 is 2.68 bits per heavy atom. The van der Waals surface area contributed by atoms with Gasteiger partial charge in [-0.05, 0) is 24.3 Å². The van der Waals surface area contributed by atoms with Crippen LogP contribution in [-0.2, 0) is 4.79 Å². The highest BCUT2D eigenvalue weighted by molar-refractivity contribution is 5.77. The quantitative estimate of drug-likeness (QED) is 0.827. The average molecular weight is 383 g/mol. The molecule has 1 amide bonds. The number of nitrogens with one attached hydrogen (secondary N) is 1. The van der Waals surface area contributed by atoms with Gasteiger partial charge in [-0.25, -0.2) is 0 Å². The third-order valence-electron chi connectivity index (χ3n) is 5.10. The Hall–Kier alpha value is -3.09. The van der Waals surface area contributed by atoms with Crippen molar-refractivity contribution in [2.45, 2.75) is 6.42 Å². The zero-order valence-corrected chi connectivity index (χ0v) is 16.0. The van der Waals surface area contributed by atoms with Gasteiger partial charge in [-0.1, -0.05) is 12.1 Å². The number of hydrogen-bond donors (Lipinski definition) is 1. The number of amides is 1. The first-order valence-electron chi connectivity index (χ1n) is 9.54. The molecule has 2 aromatic rings. The van der Waals surface area contributed by atoms with Gasteiger partial charge in [-0.2, -0.15) is 0 Å². The first kappa shape index (κ1) is 18.3. The van der Waals surface area contributed by atoms with Gasteiger partial charge >= 0.3 is 0 Å². The van der Waals surface area contributed by atoms with Crippen LogP contribution >= 0.6 is 0 Å². The van der Waals surface area contributed by atoms with Crippen LogP contribution in [0.3, 0.4) is 0 Å². The SMILES string of the molecule is COc1ccccc1N1CCN(C(=O)CCNc2ccc3c(c2)OCO3)CC1. The number of hydrogen-bond acceptors (Lipinski definition) is 6. The van der Waals surface area contributed by atoms with Gasteiger partial charge < -0.3 is 29.3 Å². The van der Waals surface area contributed by atoms with Crippen molar-refractivity contribution in [3.05, 3.63) is 42.5 Å². The molecule has 1 fully saturated rings. The molecule has 0 spiro atoms. The third-order valence-corrected chi connectivity index (χ3v) is 5.10. The molecule has 0 aliphatic carbocycles. The van der Waals surface area contributed by atoms with Crippen molar-refractivity contribution in [2.24, 2.45) is 0 Å². The standard InChI is InChI=1S/C21H25N3O4/c1-26-18-5-3-2-4-17(18)23-10-12-24(13-11-23)21(25)8-9-22-16-6-7-19-20(14-16)28-15-27-19/h2-7,14,22H,8-13,15H2,1H3. The van der Waals surface area contributed by atoms with Crippen molar-refractivity contribution >= 4 is 17.3 Å². The lowest BCUT2D eigenvalue weighted by Crippen LogP contribution is -2.49. The molecule has 0 bridgehead atoms. The molecule has 0 atom stereocenters. The molecule has 1 N–H and O–H groups in total. The fourth-order valence-corrected chi connectivity index (χ4v) is 3.57. The van der Waals surface area contributed by atoms with Crippen LogP contribution < -0.4 is 24.4 Å². The van der Waals surface area contributed by atoms with E-state index in [0.29, 0.717) is 13.0 Å². The predicted octanol–water partition coefficient (Wildman–Crippen LogP) is 2.57. The average Bonchev–Trinajstić information content (AvgIpc) is 3.21. The van der Waals surface area contributed by atoms with E-state index in [-0.39, 0.29) is 12.7 Å². The summed E-state index contributed by atoms with van der Waals surface area (Å²) in [6, 6.07) is 13.7. The highest BCUT2D eigenvalue weighted by atomic mass is 16.7. The van der Waals surface area contributed by atoms with E-state index in [9.17, 15) is 4.79 Å². The maximum Gasteiger partial charge on any atom is 0.231 e. The second-order valence-electron chi connectivity index (χ2n) is 6.78. The van der Waals surface area contributed by atoms with E-state index in [1.165, 1.54) is 0 Å². The molecular formula is C21H25N3O4. The number of ether oxygens (including phenoxy) is 3. The summed E-state index contributed by atoms with van der Waals surface area (Å²) in [5.41, 5.74) is 2.01. The molecule has 0 aromatic heterocycles. The molecule has 0 radical (unpaired) electrons. The molecule has 0 unspecified atom stereocenters. The number of carbonyl (C=O) groups excluding carboxylic acids is 1. The van der Waals surface area contributed by atoms with Crippen LogP contribution in [0.4, 0.5) is 11.4 Å². The van der Waals surface area contributed by atoms with Crippen LogP contribution in [0.25, 0.3) is 0 Å². The van der Waals surface area contributed by atoms with E-state index in [1.807, 2.05) is 41.3 Å². The minimum absolute atomic E-state index is 0.174. The summed E-state index contributed by atoms with van der Waals surface area (Å²) in [5.74, 6) is 2.54. The largest absolute Gasteiger partial charge is 0.495 e. The summed E-state index contributed by atoms with van der Waals surface area (Å²) in [6.45, 7) is 3.91. The summed E-state index contributed by atoms with van der Waals surface area (Å²) >= 11 is 0. The maximum atomic E-state index is 12.5. The van der Waals surface area contributed by atoms with Gasteiger partial charge in [-0.3, -0.25) is 4.79 Å². The molecule has 148 valence electrons. The van der Waals surface area contributed by atoms with Gasteiger partial charge in [0.2, 0.25) is 12.7 Å². The molecule has 7 heteroatoms. The van der Waals surface area contributed by atoms with Gasteiger partial charge in [0.15, 0.2) is 11.5 Å². The highest BCUT2D eigenvalue weighted by Gasteiger charge is 2.22. The van der Waals surface area contributed by atoms with Crippen LogP contribution in [0.1, 0.15) is 6.42 Å². The summed E-state index contributed by atoms with van der Waals surface area (Å²) in [6.07, 6.45) is 0.461. The first-order chi connectivity index (χ1) is 13.7. The van der Waals surface area contributed by atoms with E-state index < -0.39 is 0 Å². The zero-order chi connectivity index (χ0) is 19.3. The molecule has 2 heterocycles. The molecule has 7 nitrogen and oxygen atoms in total. The number of fused-ring (bicyclic) bond motifs is 1. The second kappa shape index (κ2) is 8.29. The number of nitrogens with zero attached hydrogens (tertiary/aromatic N) is 2. The molecular weight excluding hydrogens is 358 g/mol. The summed E-state index contributed by atoms with van der Waals surface area (Å²) in [7, 11) is 1.69. The molecule has 28 heavy (non-hydrogen) atoms. The second-order valence-corrected chi connectivity index (χ2v) is 6.78. The van der Waals surface area contributed by atoms with Crippen molar-refractivity contribution in [3.63, 3.8) is 0 Å². The molecule has 2 aliphatic rings. The third kappa shape index (κ3) is 3.93. The highest BCUT2D eigenvalue weighted by Crippen LogP contribution is 2.34. The zero-order valence-electron chi connectivity index (χ0n) is 16.0. The first-order valence-corrected chi connectivity index (χ1v) is 9.54. The minimum Gasteiger partial charge on any atom is -0.495 e. The molecule has 2 aliphatic heterocycles. The molecule has 1 saturated heterocycles. The van der Waals surface area contributed by atoms with Gasteiger partial charge in [0.25, 0.3) is 0 Å². The van der Waals surface area contributed by atoms with Crippen molar-refractivity contribution in [1.29, 1.82) is 0 Å². The van der Waals surface area contributed by atoms with Gasteiger partial charge in [-0.15, -0.1) is 0 Å². The van der Waals surface area contributed by atoms with E-state index in [2.05, 4.69) is 16.3 Å². The lowest BCUT2D eigenvalue weighted by molar-refractivity contribution is -0.131. The van der Waals surface area contributed by atoms with Crippen molar-refractivity contribution in [2.75, 3.05) is 56.8 Å². The summed E-state index contributed by atoms with van der Waals surface area (Å²) in [4.78, 5) is 16.7. The Labute approximate surface area is 164 Å². The van der Waals surface area contributed by atoms with Crippen LogP contribution in [0.5, 0.6) is 17.2 Å². The minimum atomic E-state index is 0.174. The number of carbonyl (C=O) groups is 1. The summed E-state index contributed by atoms with van der Waals surface area (Å²) in [5, 5.41) is 3.28. The predicted molar refractivity (Wildman–Crippen MR) is 107 cm³/mol. The fraction of sp³-hybridized carbons (Fsp3) is 0.381. The summed E-state index contributed by atoms with van der Waals surface area (Å²) < 4.78 is 16.1. The number of rotatable bonds is 6. The normalized spacial score (nSPS) is 15.5. The maximum absolute atomic E-state index is 12.5. The Kier molecular flexibility index (Phi) is 5.41.